The molecule has 0 atom stereocenters. The van der Waals surface area contributed by atoms with E-state index >= 15 is 0 Å². The van der Waals surface area contributed by atoms with Gasteiger partial charge < -0.3 is 4.74 Å². The minimum absolute atomic E-state index is 0.562. The summed E-state index contributed by atoms with van der Waals surface area (Å²) in [5, 5.41) is 4.22. The summed E-state index contributed by atoms with van der Waals surface area (Å²) < 4.78 is 9.58. The summed E-state index contributed by atoms with van der Waals surface area (Å²) in [4.78, 5) is 9.30. The van der Waals surface area contributed by atoms with Crippen LogP contribution in [-0.2, 0) is 13.6 Å². The Morgan fingerprint density at radius 2 is 1.96 bits per heavy atom. The maximum absolute atomic E-state index is 5.74. The predicted octanol–water partition coefficient (Wildman–Crippen LogP) is 3.28. The maximum atomic E-state index is 5.74. The summed E-state index contributed by atoms with van der Waals surface area (Å²) in [6.45, 7) is 3.19. The number of hydrogen-bond acceptors (Lipinski definition) is 4. The molecule has 0 aliphatic rings. The molecule has 3 heterocycles. The second kappa shape index (κ2) is 6.39. The van der Waals surface area contributed by atoms with E-state index in [1.54, 1.807) is 6.20 Å². The first kappa shape index (κ1) is 15.4. The smallest absolute Gasteiger partial charge is 0.298 e. The lowest BCUT2D eigenvalue weighted by molar-refractivity contribution is 0.301. The third-order valence-corrected chi connectivity index (χ3v) is 4.12. The first-order valence-corrected chi connectivity index (χ1v) is 8.27. The van der Waals surface area contributed by atoms with Crippen LogP contribution in [0.2, 0.25) is 0 Å². The number of aryl methyl sites for hydroxylation is 1. The molecule has 4 rings (SSSR count). The van der Waals surface area contributed by atoms with Crippen LogP contribution in [0, 0.1) is 0 Å². The number of imidazole rings is 1. The van der Waals surface area contributed by atoms with E-state index in [1.807, 2.05) is 59.7 Å². The Kier molecular flexibility index (Phi) is 3.93. The standard InChI is InChI=1S/C19H19N5O/c1-3-25-19-22-16-11-15(17-9-10-21-23(17)2)12-20-18(16)24(19)13-14-7-5-4-6-8-14/h4-12H,3,13H2,1-2H3. The largest absolute Gasteiger partial charge is 0.465 e. The van der Waals surface area contributed by atoms with Gasteiger partial charge in [-0.05, 0) is 24.6 Å². The second-order valence-corrected chi connectivity index (χ2v) is 5.81. The molecule has 0 fully saturated rings. The van der Waals surface area contributed by atoms with Crippen molar-refractivity contribution in [3.05, 3.63) is 60.4 Å². The molecule has 0 saturated carbocycles. The van der Waals surface area contributed by atoms with Gasteiger partial charge in [0.2, 0.25) is 0 Å². The number of benzene rings is 1. The van der Waals surface area contributed by atoms with Crippen molar-refractivity contribution in [3.8, 4) is 17.3 Å². The normalized spacial score (nSPS) is 11.1. The van der Waals surface area contributed by atoms with E-state index in [4.69, 9.17) is 4.74 Å². The highest BCUT2D eigenvalue weighted by atomic mass is 16.5. The monoisotopic (exact) mass is 333 g/mol. The van der Waals surface area contributed by atoms with Gasteiger partial charge in [-0.25, -0.2) is 4.98 Å². The van der Waals surface area contributed by atoms with Gasteiger partial charge in [-0.1, -0.05) is 30.3 Å². The van der Waals surface area contributed by atoms with Gasteiger partial charge in [-0.3, -0.25) is 9.25 Å². The van der Waals surface area contributed by atoms with Crippen LogP contribution in [0.5, 0.6) is 6.01 Å². The minimum atomic E-state index is 0.562. The molecule has 0 aliphatic heterocycles. The second-order valence-electron chi connectivity index (χ2n) is 5.81. The van der Waals surface area contributed by atoms with Gasteiger partial charge >= 0.3 is 0 Å². The van der Waals surface area contributed by atoms with Crippen LogP contribution in [0.1, 0.15) is 12.5 Å². The van der Waals surface area contributed by atoms with E-state index in [9.17, 15) is 0 Å². The Morgan fingerprint density at radius 3 is 2.68 bits per heavy atom. The summed E-state index contributed by atoms with van der Waals surface area (Å²) in [6.07, 6.45) is 3.64. The van der Waals surface area contributed by atoms with Gasteiger partial charge in [0.25, 0.3) is 6.01 Å². The van der Waals surface area contributed by atoms with Crippen molar-refractivity contribution in [1.82, 2.24) is 24.3 Å². The fraction of sp³-hybridized carbons (Fsp3) is 0.211. The van der Waals surface area contributed by atoms with Crippen molar-refractivity contribution in [2.24, 2.45) is 7.05 Å². The van der Waals surface area contributed by atoms with E-state index in [2.05, 4.69) is 27.2 Å². The number of pyridine rings is 1. The Balaban J connectivity index is 1.81. The van der Waals surface area contributed by atoms with Gasteiger partial charge in [0.05, 0.1) is 18.8 Å². The number of fused-ring (bicyclic) bond motifs is 1. The van der Waals surface area contributed by atoms with E-state index in [-0.39, 0.29) is 0 Å². The maximum Gasteiger partial charge on any atom is 0.298 e. The summed E-state index contributed by atoms with van der Waals surface area (Å²) in [5.41, 5.74) is 4.81. The van der Waals surface area contributed by atoms with Gasteiger partial charge in [0, 0.05) is 25.0 Å². The molecule has 0 radical (unpaired) electrons. The zero-order valence-corrected chi connectivity index (χ0v) is 14.3. The Bertz CT molecular complexity index is 1000. The first-order chi connectivity index (χ1) is 12.3. The molecule has 4 aromatic rings. The molecular formula is C19H19N5O. The third kappa shape index (κ3) is 2.87. The lowest BCUT2D eigenvalue weighted by Crippen LogP contribution is -2.05. The van der Waals surface area contributed by atoms with Gasteiger partial charge in [-0.2, -0.15) is 10.1 Å². The molecule has 1 aromatic carbocycles. The van der Waals surface area contributed by atoms with E-state index in [0.717, 1.165) is 22.4 Å². The summed E-state index contributed by atoms with van der Waals surface area (Å²) in [7, 11) is 1.92. The van der Waals surface area contributed by atoms with Crippen molar-refractivity contribution >= 4 is 11.2 Å². The lowest BCUT2D eigenvalue weighted by Gasteiger charge is -2.08. The van der Waals surface area contributed by atoms with Crippen molar-refractivity contribution in [1.29, 1.82) is 0 Å². The van der Waals surface area contributed by atoms with Crippen LogP contribution < -0.4 is 4.74 Å². The summed E-state index contributed by atoms with van der Waals surface area (Å²) >= 11 is 0. The van der Waals surface area contributed by atoms with Crippen molar-refractivity contribution in [2.75, 3.05) is 6.61 Å². The molecule has 0 amide bonds. The molecular weight excluding hydrogens is 314 g/mol. The highest BCUT2D eigenvalue weighted by Crippen LogP contribution is 2.26. The van der Waals surface area contributed by atoms with Gasteiger partial charge in [-0.15, -0.1) is 0 Å². The predicted molar refractivity (Wildman–Crippen MR) is 96.4 cm³/mol. The first-order valence-electron chi connectivity index (χ1n) is 8.27. The van der Waals surface area contributed by atoms with Crippen molar-refractivity contribution in [2.45, 2.75) is 13.5 Å². The van der Waals surface area contributed by atoms with Crippen LogP contribution >= 0.6 is 0 Å². The third-order valence-electron chi connectivity index (χ3n) is 4.12. The van der Waals surface area contributed by atoms with Crippen molar-refractivity contribution < 1.29 is 4.74 Å². The molecule has 0 unspecified atom stereocenters. The highest BCUT2D eigenvalue weighted by Gasteiger charge is 2.15. The molecule has 0 spiro atoms. The fourth-order valence-electron chi connectivity index (χ4n) is 2.94. The van der Waals surface area contributed by atoms with Crippen LogP contribution in [0.15, 0.2) is 54.9 Å². The van der Waals surface area contributed by atoms with Gasteiger partial charge in [0.15, 0.2) is 5.65 Å². The summed E-state index contributed by atoms with van der Waals surface area (Å²) in [6, 6.07) is 14.8. The number of aromatic nitrogens is 5. The average molecular weight is 333 g/mol. The van der Waals surface area contributed by atoms with Crippen LogP contribution in [0.25, 0.3) is 22.4 Å². The van der Waals surface area contributed by atoms with Crippen LogP contribution in [-0.4, -0.2) is 30.9 Å². The quantitative estimate of drug-likeness (QED) is 0.562. The number of hydrogen-bond donors (Lipinski definition) is 0. The Morgan fingerprint density at radius 1 is 1.12 bits per heavy atom. The lowest BCUT2D eigenvalue weighted by atomic mass is 10.2. The Hall–Kier alpha value is -3.15. The number of rotatable bonds is 5. The average Bonchev–Trinajstić information content (AvgIpc) is 3.20. The van der Waals surface area contributed by atoms with Crippen LogP contribution in [0.4, 0.5) is 0 Å². The molecule has 0 N–H and O–H groups in total. The molecule has 6 heteroatoms. The van der Waals surface area contributed by atoms with E-state index in [1.165, 1.54) is 5.56 Å². The highest BCUT2D eigenvalue weighted by molar-refractivity contribution is 5.78. The van der Waals surface area contributed by atoms with Gasteiger partial charge in [0.1, 0.15) is 5.52 Å². The summed E-state index contributed by atoms with van der Waals surface area (Å²) in [5.74, 6) is 0. The molecule has 25 heavy (non-hydrogen) atoms. The fourth-order valence-corrected chi connectivity index (χ4v) is 2.94. The molecule has 6 nitrogen and oxygen atoms in total. The SMILES string of the molecule is CCOc1nc2cc(-c3ccnn3C)cnc2n1Cc1ccccc1. The van der Waals surface area contributed by atoms with E-state index < -0.39 is 0 Å². The van der Waals surface area contributed by atoms with Crippen LogP contribution in [0.3, 0.4) is 0 Å². The number of nitrogens with zero attached hydrogens (tertiary/aromatic N) is 5. The number of ether oxygens (including phenoxy) is 1. The topological polar surface area (TPSA) is 57.8 Å². The minimum Gasteiger partial charge on any atom is -0.465 e. The molecule has 126 valence electrons. The van der Waals surface area contributed by atoms with Crippen molar-refractivity contribution in [3.63, 3.8) is 0 Å². The Labute approximate surface area is 145 Å². The van der Waals surface area contributed by atoms with E-state index in [0.29, 0.717) is 19.2 Å². The molecule has 0 saturated heterocycles. The zero-order valence-electron chi connectivity index (χ0n) is 14.3. The zero-order chi connectivity index (χ0) is 17.2. The molecule has 3 aromatic heterocycles. The molecule has 0 bridgehead atoms. The molecule has 0 aliphatic carbocycles.